The van der Waals surface area contributed by atoms with Crippen LogP contribution < -0.4 is 5.32 Å². The van der Waals surface area contributed by atoms with E-state index in [-0.39, 0.29) is 16.8 Å². The maximum Gasteiger partial charge on any atom is 0.252 e. The molecule has 0 saturated carbocycles. The molecule has 0 fully saturated rings. The van der Waals surface area contributed by atoms with Crippen molar-refractivity contribution in [3.63, 3.8) is 0 Å². The number of aryl methyl sites for hydroxylation is 1. The van der Waals surface area contributed by atoms with Crippen LogP contribution in [-0.2, 0) is 16.6 Å². The summed E-state index contributed by atoms with van der Waals surface area (Å²) >= 11 is 1.65. The number of hydrogen-bond acceptors (Lipinski definition) is 6. The Hall–Kier alpha value is -3.08. The van der Waals surface area contributed by atoms with Gasteiger partial charge in [0.2, 0.25) is 10.0 Å². The maximum atomic E-state index is 13.2. The Morgan fingerprint density at radius 3 is 2.58 bits per heavy atom. The number of fused-ring (bicyclic) bond motifs is 1. The molecule has 3 heterocycles. The van der Waals surface area contributed by atoms with E-state index in [1.54, 1.807) is 52.5 Å². The normalized spacial score (nSPS) is 12.9. The van der Waals surface area contributed by atoms with Crippen molar-refractivity contribution in [3.05, 3.63) is 75.7 Å². The van der Waals surface area contributed by atoms with Crippen molar-refractivity contribution in [2.75, 3.05) is 14.1 Å². The fourth-order valence-corrected chi connectivity index (χ4v) is 5.11. The second kappa shape index (κ2) is 9.05. The Balaban J connectivity index is 1.57. The molecule has 172 valence electrons. The number of nitrogens with one attached hydrogen (secondary N) is 1. The summed E-state index contributed by atoms with van der Waals surface area (Å²) < 4.78 is 27.5. The van der Waals surface area contributed by atoms with Gasteiger partial charge in [0.05, 0.1) is 34.6 Å². The molecule has 0 saturated heterocycles. The van der Waals surface area contributed by atoms with Crippen molar-refractivity contribution in [1.82, 2.24) is 24.4 Å². The zero-order valence-electron chi connectivity index (χ0n) is 18.8. The topological polar surface area (TPSA) is 97.2 Å². The number of carbonyl (C=O) groups excluding carboxylic acids is 1. The molecular formula is C23H25N5O3S2. The fraction of sp³-hybridized carbons (Fsp3) is 0.261. The summed E-state index contributed by atoms with van der Waals surface area (Å²) in [6, 6.07) is 12.0. The molecule has 1 atom stereocenters. The predicted octanol–water partition coefficient (Wildman–Crippen LogP) is 3.59. The molecule has 0 aliphatic rings. The average molecular weight is 484 g/mol. The van der Waals surface area contributed by atoms with Crippen LogP contribution in [0.2, 0.25) is 0 Å². The Morgan fingerprint density at radius 2 is 1.94 bits per heavy atom. The first kappa shape index (κ1) is 23.1. The fourth-order valence-electron chi connectivity index (χ4n) is 3.52. The molecule has 1 aromatic carbocycles. The van der Waals surface area contributed by atoms with Crippen molar-refractivity contribution in [1.29, 1.82) is 0 Å². The molecule has 33 heavy (non-hydrogen) atoms. The Bertz CT molecular complexity index is 1390. The molecular weight excluding hydrogens is 458 g/mol. The van der Waals surface area contributed by atoms with Crippen LogP contribution in [0.4, 0.5) is 0 Å². The number of amides is 1. The van der Waals surface area contributed by atoms with Crippen molar-refractivity contribution < 1.29 is 13.2 Å². The second-order valence-electron chi connectivity index (χ2n) is 7.98. The SMILES string of the molecule is Cc1cc(C(=O)NC(C)c2ccc(S(=O)(=O)N(C)C)cc2)c2cnn(Cc3cccs3)c2n1. The van der Waals surface area contributed by atoms with Crippen molar-refractivity contribution in [2.45, 2.75) is 31.3 Å². The highest BCUT2D eigenvalue weighted by atomic mass is 32.2. The van der Waals surface area contributed by atoms with E-state index in [0.29, 0.717) is 23.1 Å². The number of benzene rings is 1. The zero-order valence-corrected chi connectivity index (χ0v) is 20.4. The van der Waals surface area contributed by atoms with Crippen LogP contribution in [-0.4, -0.2) is 47.5 Å². The summed E-state index contributed by atoms with van der Waals surface area (Å²) in [6.07, 6.45) is 1.68. The minimum atomic E-state index is -3.50. The smallest absolute Gasteiger partial charge is 0.252 e. The second-order valence-corrected chi connectivity index (χ2v) is 11.2. The minimum Gasteiger partial charge on any atom is -0.345 e. The van der Waals surface area contributed by atoms with Gasteiger partial charge in [-0.2, -0.15) is 5.10 Å². The molecule has 0 bridgehead atoms. The standard InChI is InChI=1S/C23H25N5O3S2/c1-15-12-20(21-13-24-28(22(21)25-15)14-18-6-5-11-32-18)23(29)26-16(2)17-7-9-19(10-8-17)33(30,31)27(3)4/h5-13,16H,14H2,1-4H3,(H,26,29). The molecule has 1 amide bonds. The lowest BCUT2D eigenvalue weighted by molar-refractivity contribution is 0.0941. The van der Waals surface area contributed by atoms with Crippen LogP contribution in [0.15, 0.2) is 58.9 Å². The van der Waals surface area contributed by atoms with Crippen molar-refractivity contribution in [2.24, 2.45) is 0 Å². The highest BCUT2D eigenvalue weighted by Gasteiger charge is 2.20. The Morgan fingerprint density at radius 1 is 1.21 bits per heavy atom. The van der Waals surface area contributed by atoms with Crippen LogP contribution >= 0.6 is 11.3 Å². The maximum absolute atomic E-state index is 13.2. The third kappa shape index (κ3) is 4.68. The lowest BCUT2D eigenvalue weighted by Crippen LogP contribution is -2.27. The largest absolute Gasteiger partial charge is 0.345 e. The molecule has 8 nitrogen and oxygen atoms in total. The highest BCUT2D eigenvalue weighted by molar-refractivity contribution is 7.89. The molecule has 0 spiro atoms. The molecule has 4 rings (SSSR count). The van der Waals surface area contributed by atoms with Crippen LogP contribution in [0.1, 0.15) is 39.5 Å². The van der Waals surface area contributed by atoms with Crippen LogP contribution in [0.3, 0.4) is 0 Å². The number of thiophene rings is 1. The van der Waals surface area contributed by atoms with Gasteiger partial charge in [0.25, 0.3) is 5.91 Å². The summed E-state index contributed by atoms with van der Waals surface area (Å²) in [5.41, 5.74) is 2.70. The lowest BCUT2D eigenvalue weighted by atomic mass is 10.1. The van der Waals surface area contributed by atoms with Gasteiger partial charge in [0.1, 0.15) is 0 Å². The first-order valence-corrected chi connectivity index (χ1v) is 12.7. The highest BCUT2D eigenvalue weighted by Crippen LogP contribution is 2.23. The summed E-state index contributed by atoms with van der Waals surface area (Å²) in [5.74, 6) is -0.237. The molecule has 3 aromatic heterocycles. The summed E-state index contributed by atoms with van der Waals surface area (Å²) in [6.45, 7) is 4.31. The third-order valence-corrected chi connectivity index (χ3v) is 8.06. The first-order chi connectivity index (χ1) is 15.7. The van der Waals surface area contributed by atoms with E-state index < -0.39 is 10.0 Å². The summed E-state index contributed by atoms with van der Waals surface area (Å²) in [7, 11) is -0.516. The number of hydrogen-bond donors (Lipinski definition) is 1. The van der Waals surface area contributed by atoms with E-state index in [2.05, 4.69) is 15.4 Å². The number of nitrogens with zero attached hydrogens (tertiary/aromatic N) is 4. The third-order valence-electron chi connectivity index (χ3n) is 5.37. The van der Waals surface area contributed by atoms with Gasteiger partial charge in [-0.15, -0.1) is 11.3 Å². The zero-order chi connectivity index (χ0) is 23.8. The lowest BCUT2D eigenvalue weighted by Gasteiger charge is -2.16. The van der Waals surface area contributed by atoms with Crippen LogP contribution in [0.25, 0.3) is 11.0 Å². The van der Waals surface area contributed by atoms with Gasteiger partial charge in [0, 0.05) is 24.7 Å². The van der Waals surface area contributed by atoms with E-state index in [1.807, 2.05) is 31.4 Å². The van der Waals surface area contributed by atoms with E-state index >= 15 is 0 Å². The summed E-state index contributed by atoms with van der Waals surface area (Å²) in [4.78, 5) is 19.1. The number of pyridine rings is 1. The Labute approximate surface area is 196 Å². The molecule has 0 aliphatic carbocycles. The predicted molar refractivity (Wildman–Crippen MR) is 129 cm³/mol. The van der Waals surface area contributed by atoms with Gasteiger partial charge in [-0.3, -0.25) is 4.79 Å². The molecule has 4 aromatic rings. The summed E-state index contributed by atoms with van der Waals surface area (Å²) in [5, 5.41) is 10.2. The number of rotatable bonds is 7. The number of carbonyl (C=O) groups is 1. The molecule has 0 radical (unpaired) electrons. The van der Waals surface area contributed by atoms with Crippen molar-refractivity contribution >= 4 is 38.3 Å². The quantitative estimate of drug-likeness (QED) is 0.433. The molecule has 10 heteroatoms. The Kier molecular flexibility index (Phi) is 6.33. The average Bonchev–Trinajstić information content (AvgIpc) is 3.43. The number of aromatic nitrogens is 3. The van der Waals surface area contributed by atoms with Gasteiger partial charge >= 0.3 is 0 Å². The van der Waals surface area contributed by atoms with Crippen LogP contribution in [0.5, 0.6) is 0 Å². The van der Waals surface area contributed by atoms with Gasteiger partial charge in [-0.05, 0) is 49.1 Å². The van der Waals surface area contributed by atoms with E-state index in [4.69, 9.17) is 0 Å². The number of sulfonamides is 1. The van der Waals surface area contributed by atoms with Gasteiger partial charge in [0.15, 0.2) is 5.65 Å². The minimum absolute atomic E-state index is 0.208. The van der Waals surface area contributed by atoms with E-state index in [0.717, 1.165) is 16.1 Å². The van der Waals surface area contributed by atoms with E-state index in [1.165, 1.54) is 18.4 Å². The molecule has 1 N–H and O–H groups in total. The van der Waals surface area contributed by atoms with E-state index in [9.17, 15) is 13.2 Å². The van der Waals surface area contributed by atoms with Gasteiger partial charge in [-0.25, -0.2) is 22.4 Å². The van der Waals surface area contributed by atoms with Crippen molar-refractivity contribution in [3.8, 4) is 0 Å². The molecule has 0 aliphatic heterocycles. The van der Waals surface area contributed by atoms with Crippen LogP contribution in [0, 0.1) is 6.92 Å². The first-order valence-electron chi connectivity index (χ1n) is 10.4. The van der Waals surface area contributed by atoms with Gasteiger partial charge < -0.3 is 5.32 Å². The molecule has 1 unspecified atom stereocenters. The van der Waals surface area contributed by atoms with Gasteiger partial charge in [-0.1, -0.05) is 18.2 Å². The monoisotopic (exact) mass is 483 g/mol.